The van der Waals surface area contributed by atoms with Gasteiger partial charge in [0.1, 0.15) is 6.04 Å². The van der Waals surface area contributed by atoms with Crippen LogP contribution in [0.1, 0.15) is 6.92 Å². The fourth-order valence-corrected chi connectivity index (χ4v) is 1.34. The number of hydrogen-bond acceptors (Lipinski definition) is 2. The Kier molecular flexibility index (Phi) is 1.84. The third-order valence-electron chi connectivity index (χ3n) is 1.50. The molecule has 10 heavy (non-hydrogen) atoms. The van der Waals surface area contributed by atoms with E-state index in [-0.39, 0.29) is 18.0 Å². The van der Waals surface area contributed by atoms with E-state index in [1.807, 2.05) is 22.9 Å². The molecule has 0 radical (unpaired) electrons. The van der Waals surface area contributed by atoms with E-state index in [1.165, 1.54) is 10.2 Å². The molecule has 1 heterocycles. The van der Waals surface area contributed by atoms with Crippen LogP contribution in [0.2, 0.25) is 0 Å². The molecule has 56 valence electrons. The summed E-state index contributed by atoms with van der Waals surface area (Å²) in [6.07, 6.45) is 0. The molecule has 1 aliphatic heterocycles. The predicted molar refractivity (Wildman–Crippen MR) is 43.5 cm³/mol. The van der Waals surface area contributed by atoms with E-state index in [1.54, 1.807) is 6.92 Å². The Morgan fingerprint density at radius 2 is 2.00 bits per heavy atom. The summed E-state index contributed by atoms with van der Waals surface area (Å²) in [6.45, 7) is 1.70. The van der Waals surface area contributed by atoms with Gasteiger partial charge in [-0.05, 0) is 6.92 Å². The van der Waals surface area contributed by atoms with E-state index in [4.69, 9.17) is 0 Å². The van der Waals surface area contributed by atoms with Gasteiger partial charge in [0.15, 0.2) is 0 Å². The summed E-state index contributed by atoms with van der Waals surface area (Å²) >= 11 is 1.84. The molecular weight excluding hydrogens is 247 g/mol. The van der Waals surface area contributed by atoms with Gasteiger partial charge in [-0.1, -0.05) is 0 Å². The molecule has 0 aliphatic carbocycles. The van der Waals surface area contributed by atoms with E-state index < -0.39 is 0 Å². The Bertz CT molecular complexity index is 174. The zero-order valence-corrected chi connectivity index (χ0v) is 7.82. The van der Waals surface area contributed by atoms with Crippen LogP contribution >= 0.6 is 22.9 Å². The number of imide groups is 1. The summed E-state index contributed by atoms with van der Waals surface area (Å²) in [4.78, 5) is 23.1. The van der Waals surface area contributed by atoms with Gasteiger partial charge in [0.05, 0.1) is 22.9 Å². The van der Waals surface area contributed by atoms with E-state index in [2.05, 4.69) is 0 Å². The molecular formula is C5H7IN2O2. The number of carbonyl (C=O) groups excluding carboxylic acids is 2. The lowest BCUT2D eigenvalue weighted by Crippen LogP contribution is -2.25. The zero-order chi connectivity index (χ0) is 7.89. The Labute approximate surface area is 72.7 Å². The molecule has 5 heteroatoms. The van der Waals surface area contributed by atoms with Gasteiger partial charge in [0, 0.05) is 7.05 Å². The first kappa shape index (κ1) is 7.77. The summed E-state index contributed by atoms with van der Waals surface area (Å²) in [5.74, 6) is -0.139. The Hall–Kier alpha value is -0.330. The van der Waals surface area contributed by atoms with Gasteiger partial charge in [-0.15, -0.1) is 0 Å². The van der Waals surface area contributed by atoms with Crippen LogP contribution < -0.4 is 0 Å². The molecule has 0 spiro atoms. The summed E-state index contributed by atoms with van der Waals surface area (Å²) < 4.78 is 1.39. The van der Waals surface area contributed by atoms with Crippen molar-refractivity contribution in [2.45, 2.75) is 13.0 Å². The number of urea groups is 1. The van der Waals surface area contributed by atoms with Crippen LogP contribution in [0.25, 0.3) is 0 Å². The average molecular weight is 254 g/mol. The van der Waals surface area contributed by atoms with Crippen molar-refractivity contribution in [3.8, 4) is 0 Å². The molecule has 0 aromatic carbocycles. The minimum absolute atomic E-state index is 0.139. The summed E-state index contributed by atoms with van der Waals surface area (Å²) in [7, 11) is 1.49. The molecule has 0 N–H and O–H groups in total. The first-order valence-electron chi connectivity index (χ1n) is 2.82. The van der Waals surface area contributed by atoms with E-state index in [0.717, 1.165) is 4.90 Å². The first-order chi connectivity index (χ1) is 4.55. The normalized spacial score (nSPS) is 26.5. The first-order valence-corrected chi connectivity index (χ1v) is 3.78. The van der Waals surface area contributed by atoms with Crippen molar-refractivity contribution in [3.63, 3.8) is 0 Å². The highest BCUT2D eigenvalue weighted by atomic mass is 127. The van der Waals surface area contributed by atoms with Gasteiger partial charge in [0.2, 0.25) is 0 Å². The summed E-state index contributed by atoms with van der Waals surface area (Å²) in [5, 5.41) is 0. The van der Waals surface area contributed by atoms with Gasteiger partial charge in [-0.2, -0.15) is 0 Å². The van der Waals surface area contributed by atoms with Crippen LogP contribution in [0.15, 0.2) is 0 Å². The van der Waals surface area contributed by atoms with E-state index in [9.17, 15) is 9.59 Å². The Morgan fingerprint density at radius 3 is 2.10 bits per heavy atom. The molecule has 1 unspecified atom stereocenters. The quantitative estimate of drug-likeness (QED) is 0.361. The molecule has 4 nitrogen and oxygen atoms in total. The van der Waals surface area contributed by atoms with Crippen LogP contribution in [0, 0.1) is 0 Å². The minimum atomic E-state index is -0.307. The molecule has 1 saturated heterocycles. The van der Waals surface area contributed by atoms with Crippen molar-refractivity contribution in [1.29, 1.82) is 0 Å². The molecule has 0 aromatic heterocycles. The lowest BCUT2D eigenvalue weighted by molar-refractivity contribution is -0.126. The highest BCUT2D eigenvalue weighted by molar-refractivity contribution is 14.1. The number of hydrogen-bond donors (Lipinski definition) is 0. The van der Waals surface area contributed by atoms with Crippen LogP contribution in [0.4, 0.5) is 4.79 Å². The maximum atomic E-state index is 11.0. The van der Waals surface area contributed by atoms with Crippen molar-refractivity contribution in [2.75, 3.05) is 7.05 Å². The topological polar surface area (TPSA) is 40.6 Å². The van der Waals surface area contributed by atoms with Crippen molar-refractivity contribution < 1.29 is 9.59 Å². The number of carbonyl (C=O) groups is 2. The fraction of sp³-hybridized carbons (Fsp3) is 0.600. The molecule has 1 atom stereocenters. The highest BCUT2D eigenvalue weighted by Gasteiger charge is 2.38. The van der Waals surface area contributed by atoms with Crippen LogP contribution in [0.3, 0.4) is 0 Å². The number of likely N-dealkylation sites (N-methyl/N-ethyl adjacent to an activating group) is 1. The second-order valence-electron chi connectivity index (χ2n) is 2.17. The van der Waals surface area contributed by atoms with Crippen LogP contribution in [-0.2, 0) is 4.79 Å². The minimum Gasteiger partial charge on any atom is -0.272 e. The van der Waals surface area contributed by atoms with Crippen molar-refractivity contribution >= 4 is 34.8 Å². The van der Waals surface area contributed by atoms with Crippen molar-refractivity contribution in [3.05, 3.63) is 0 Å². The van der Waals surface area contributed by atoms with Gasteiger partial charge in [-0.25, -0.2) is 4.79 Å². The molecule has 0 bridgehead atoms. The van der Waals surface area contributed by atoms with Gasteiger partial charge < -0.3 is 0 Å². The van der Waals surface area contributed by atoms with Gasteiger partial charge in [-0.3, -0.25) is 12.8 Å². The van der Waals surface area contributed by atoms with Gasteiger partial charge >= 0.3 is 6.03 Å². The SMILES string of the molecule is CC1C(=O)N(C)C(=O)N1I. The van der Waals surface area contributed by atoms with Crippen molar-refractivity contribution in [1.82, 2.24) is 8.01 Å². The standard InChI is InChI=1S/C5H7IN2O2/c1-3-4(9)7(2)5(10)8(3)6/h3H,1-2H3. The molecule has 1 aliphatic rings. The van der Waals surface area contributed by atoms with Crippen LogP contribution in [-0.4, -0.2) is 33.0 Å². The second kappa shape index (κ2) is 2.37. The average Bonchev–Trinajstić information content (AvgIpc) is 2.07. The predicted octanol–water partition coefficient (Wildman–Crippen LogP) is 0.619. The highest BCUT2D eigenvalue weighted by Crippen LogP contribution is 2.19. The third-order valence-corrected chi connectivity index (χ3v) is 2.75. The lowest BCUT2D eigenvalue weighted by Gasteiger charge is -2.06. The van der Waals surface area contributed by atoms with Crippen molar-refractivity contribution in [2.24, 2.45) is 0 Å². The summed E-state index contributed by atoms with van der Waals surface area (Å²) in [6, 6.07) is -0.545. The largest absolute Gasteiger partial charge is 0.336 e. The molecule has 0 saturated carbocycles. The van der Waals surface area contributed by atoms with E-state index >= 15 is 0 Å². The number of nitrogens with zero attached hydrogens (tertiary/aromatic N) is 2. The lowest BCUT2D eigenvalue weighted by atomic mass is 10.3. The smallest absolute Gasteiger partial charge is 0.272 e. The Morgan fingerprint density at radius 1 is 1.50 bits per heavy atom. The number of rotatable bonds is 0. The molecule has 1 fully saturated rings. The zero-order valence-electron chi connectivity index (χ0n) is 5.67. The second-order valence-corrected chi connectivity index (χ2v) is 3.21. The fourth-order valence-electron chi connectivity index (χ4n) is 0.780. The van der Waals surface area contributed by atoms with Gasteiger partial charge in [0.25, 0.3) is 5.91 Å². The summed E-state index contributed by atoms with van der Waals surface area (Å²) in [5.41, 5.74) is 0. The molecule has 3 amide bonds. The van der Waals surface area contributed by atoms with Crippen LogP contribution in [0.5, 0.6) is 0 Å². The number of halogens is 1. The third kappa shape index (κ3) is 0.882. The Balaban J connectivity index is 2.89. The maximum absolute atomic E-state index is 11.0. The molecule has 0 aromatic rings. The maximum Gasteiger partial charge on any atom is 0.336 e. The van der Waals surface area contributed by atoms with E-state index in [0.29, 0.717) is 0 Å². The monoisotopic (exact) mass is 254 g/mol. The molecule has 1 rings (SSSR count). The number of amides is 3.